The number of rotatable bonds is 37. The first-order valence-corrected chi connectivity index (χ1v) is 18.7. The van der Waals surface area contributed by atoms with Crippen LogP contribution in [0.15, 0.2) is 0 Å². The number of primary amides is 2. The molecule has 0 spiro atoms. The van der Waals surface area contributed by atoms with Crippen LogP contribution < -0.4 is 64.6 Å². The van der Waals surface area contributed by atoms with Crippen LogP contribution in [-0.4, -0.2) is 140 Å². The number of unbranched alkanes of at least 4 members (excludes halogenated alkanes) is 3. The minimum Gasteiger partial charge on any atom is -0.368 e. The van der Waals surface area contributed by atoms with Crippen molar-refractivity contribution in [3.05, 3.63) is 0 Å². The molecule has 0 aliphatic carbocycles. The fourth-order valence-corrected chi connectivity index (χ4v) is 5.16. The number of likely N-dealkylation sites (N-methyl/N-ethyl adjacent to an activating group) is 3. The third kappa shape index (κ3) is 28.6. The largest absolute Gasteiger partial charge is 0.368 e. The van der Waals surface area contributed by atoms with Crippen LogP contribution in [-0.2, 0) is 33.6 Å². The Morgan fingerprint density at radius 3 is 1.23 bits per heavy atom. The zero-order valence-electron chi connectivity index (χ0n) is 32.1. The van der Waals surface area contributed by atoms with Gasteiger partial charge < -0.3 is 54.0 Å². The van der Waals surface area contributed by atoms with Crippen LogP contribution in [0.25, 0.3) is 0 Å². The number of nitrogens with one attached hydrogen (secondary N) is 10. The lowest BCUT2D eigenvalue weighted by atomic mass is 10.1. The Hall–Kier alpha value is -3.59. The number of carbonyl (C=O) groups excluding carboxylic acids is 7. The number of Topliss-reactive ketones (excluding diaryl/α,β-unsaturated/α-hetero) is 2. The molecule has 19 heteroatoms. The van der Waals surface area contributed by atoms with Crippen LogP contribution in [0.3, 0.4) is 0 Å². The molecule has 53 heavy (non-hydrogen) atoms. The van der Waals surface area contributed by atoms with Crippen LogP contribution in [0.4, 0.5) is 0 Å². The number of nitrogens with two attached hydrogens (primary N) is 2. The Kier molecular flexibility index (Phi) is 30.8. The molecule has 0 unspecified atom stereocenters. The quantitative estimate of drug-likeness (QED) is 0.0214. The van der Waals surface area contributed by atoms with E-state index in [1.54, 1.807) is 21.1 Å². The normalized spacial score (nSPS) is 12.7. The maximum Gasteiger partial charge on any atom is 0.237 e. The van der Waals surface area contributed by atoms with E-state index in [1.807, 2.05) is 0 Å². The molecule has 0 saturated carbocycles. The molecule has 5 amide bonds. The molecular formula is C34H68N12O7. The first kappa shape index (κ1) is 49.4. The van der Waals surface area contributed by atoms with Crippen molar-refractivity contribution in [1.82, 2.24) is 53.2 Å². The summed E-state index contributed by atoms with van der Waals surface area (Å²) in [5.74, 6) is -1.40. The lowest BCUT2D eigenvalue weighted by molar-refractivity contribution is -0.124. The first-order chi connectivity index (χ1) is 25.4. The molecule has 0 bridgehead atoms. The third-order valence-corrected chi connectivity index (χ3v) is 8.38. The van der Waals surface area contributed by atoms with E-state index in [-0.39, 0.29) is 112 Å². The van der Waals surface area contributed by atoms with Gasteiger partial charge in [-0.3, -0.25) is 44.2 Å². The molecule has 0 aromatic heterocycles. The average molecular weight is 757 g/mol. The van der Waals surface area contributed by atoms with Gasteiger partial charge in [-0.15, -0.1) is 0 Å². The number of carbonyl (C=O) groups is 7. The minimum atomic E-state index is -0.381. The molecule has 3 atom stereocenters. The molecule has 0 aromatic carbocycles. The van der Waals surface area contributed by atoms with Crippen molar-refractivity contribution in [3.63, 3.8) is 0 Å². The van der Waals surface area contributed by atoms with Gasteiger partial charge in [0.1, 0.15) is 0 Å². The van der Waals surface area contributed by atoms with Crippen LogP contribution in [0, 0.1) is 0 Å². The van der Waals surface area contributed by atoms with Gasteiger partial charge in [-0.2, -0.15) is 0 Å². The van der Waals surface area contributed by atoms with E-state index in [0.29, 0.717) is 45.3 Å². The van der Waals surface area contributed by atoms with E-state index in [0.717, 1.165) is 38.5 Å². The van der Waals surface area contributed by atoms with E-state index < -0.39 is 0 Å². The lowest BCUT2D eigenvalue weighted by Crippen LogP contribution is -2.43. The van der Waals surface area contributed by atoms with Crippen molar-refractivity contribution in [3.8, 4) is 0 Å². The second-order valence-corrected chi connectivity index (χ2v) is 12.8. The number of ketones is 2. The van der Waals surface area contributed by atoms with Crippen molar-refractivity contribution >= 4 is 41.1 Å². The maximum absolute atomic E-state index is 12.4. The van der Waals surface area contributed by atoms with Crippen molar-refractivity contribution in [2.24, 2.45) is 11.5 Å². The molecule has 0 aliphatic heterocycles. The van der Waals surface area contributed by atoms with E-state index in [9.17, 15) is 33.6 Å². The highest BCUT2D eigenvalue weighted by Gasteiger charge is 2.16. The van der Waals surface area contributed by atoms with E-state index in [2.05, 4.69) is 53.2 Å². The predicted molar refractivity (Wildman–Crippen MR) is 203 cm³/mol. The van der Waals surface area contributed by atoms with Crippen LogP contribution in [0.1, 0.15) is 77.0 Å². The summed E-state index contributed by atoms with van der Waals surface area (Å²) in [5.41, 5.74) is 10.6. The van der Waals surface area contributed by atoms with Gasteiger partial charge in [-0.1, -0.05) is 12.8 Å². The zero-order valence-corrected chi connectivity index (χ0v) is 32.1. The van der Waals surface area contributed by atoms with Crippen molar-refractivity contribution in [2.45, 2.75) is 95.2 Å². The van der Waals surface area contributed by atoms with E-state index in [1.165, 1.54) is 0 Å². The second-order valence-electron chi connectivity index (χ2n) is 12.8. The Morgan fingerprint density at radius 2 is 0.830 bits per heavy atom. The van der Waals surface area contributed by atoms with Gasteiger partial charge in [-0.25, -0.2) is 0 Å². The smallest absolute Gasteiger partial charge is 0.237 e. The van der Waals surface area contributed by atoms with Crippen molar-refractivity contribution in [1.29, 1.82) is 0 Å². The highest BCUT2D eigenvalue weighted by atomic mass is 16.2. The van der Waals surface area contributed by atoms with Gasteiger partial charge in [0.05, 0.1) is 57.6 Å². The summed E-state index contributed by atoms with van der Waals surface area (Å²) in [7, 11) is 5.13. The fourth-order valence-electron chi connectivity index (χ4n) is 5.16. The molecule has 306 valence electrons. The monoisotopic (exact) mass is 757 g/mol. The van der Waals surface area contributed by atoms with Crippen molar-refractivity contribution < 1.29 is 33.6 Å². The standard InChI is InChI=1S/C34H68N12O7/c1-37-27(32(35)51)11-4-7-16-40-19-25(47)21-42-23-45-30(49)14-10-15-31(50)46-24-43-22-26(48)20-41-17-8-5-13-29(39-3)34(53)44-18-9-6-12-28(38-2)33(36)52/h27-29,37-43H,4-24H2,1-3H3,(H2,35,51)(H2,36,52)(H,44,53)(H,45,49)(H,46,50)/t27-,28-,29+/m0/s1. The highest BCUT2D eigenvalue weighted by Crippen LogP contribution is 2.03. The summed E-state index contributed by atoms with van der Waals surface area (Å²) in [6.45, 7) is 2.66. The SMILES string of the molecule is CN[C@@H](CCCCNCC(=O)CNCNC(=O)CCCC(=O)NCNCC(=O)CNCCCC[C@@H](NC)C(=O)NCCCC[C@H](NC)C(N)=O)C(N)=O. The molecule has 14 N–H and O–H groups in total. The van der Waals surface area contributed by atoms with Gasteiger partial charge >= 0.3 is 0 Å². The van der Waals surface area contributed by atoms with Crippen LogP contribution in [0.2, 0.25) is 0 Å². The van der Waals surface area contributed by atoms with Gasteiger partial charge in [0.15, 0.2) is 11.6 Å². The summed E-state index contributed by atoms with van der Waals surface area (Å²) >= 11 is 0. The topological polar surface area (TPSA) is 292 Å². The average Bonchev–Trinajstić information content (AvgIpc) is 3.12. The van der Waals surface area contributed by atoms with Crippen LogP contribution in [0.5, 0.6) is 0 Å². The Bertz CT molecular complexity index is 1080. The van der Waals surface area contributed by atoms with Gasteiger partial charge in [-0.05, 0) is 85.6 Å². The first-order valence-electron chi connectivity index (χ1n) is 18.7. The predicted octanol–water partition coefficient (Wildman–Crippen LogP) is -3.84. The number of hydrogen-bond donors (Lipinski definition) is 12. The fraction of sp³-hybridized carbons (Fsp3) is 0.794. The number of hydrogen-bond acceptors (Lipinski definition) is 14. The highest BCUT2D eigenvalue weighted by molar-refractivity contribution is 5.83. The molecule has 0 fully saturated rings. The summed E-state index contributed by atoms with van der Waals surface area (Å²) in [6.07, 6.45) is 7.33. The second kappa shape index (κ2) is 33.0. The number of amides is 5. The molecule has 19 nitrogen and oxygen atoms in total. The van der Waals surface area contributed by atoms with Crippen LogP contribution >= 0.6 is 0 Å². The maximum atomic E-state index is 12.4. The molecule has 0 radical (unpaired) electrons. The summed E-state index contributed by atoms with van der Waals surface area (Å²) in [4.78, 5) is 82.9. The Labute approximate surface area is 314 Å². The summed E-state index contributed by atoms with van der Waals surface area (Å²) < 4.78 is 0. The molecular weight excluding hydrogens is 688 g/mol. The van der Waals surface area contributed by atoms with E-state index >= 15 is 0 Å². The summed E-state index contributed by atoms with van der Waals surface area (Å²) in [5, 5.41) is 28.9. The molecule has 0 saturated heterocycles. The zero-order chi connectivity index (χ0) is 39.7. The van der Waals surface area contributed by atoms with Gasteiger partial charge in [0, 0.05) is 19.4 Å². The van der Waals surface area contributed by atoms with Gasteiger partial charge in [0.25, 0.3) is 0 Å². The molecule has 0 aliphatic rings. The van der Waals surface area contributed by atoms with Gasteiger partial charge in [0.2, 0.25) is 29.5 Å². The summed E-state index contributed by atoms with van der Waals surface area (Å²) in [6, 6.07) is -1.01. The van der Waals surface area contributed by atoms with E-state index in [4.69, 9.17) is 11.5 Å². The minimum absolute atomic E-state index is 0.0474. The van der Waals surface area contributed by atoms with Crippen molar-refractivity contribution in [2.75, 3.05) is 80.3 Å². The Morgan fingerprint density at radius 1 is 0.453 bits per heavy atom. The molecule has 0 aromatic rings. The third-order valence-electron chi connectivity index (χ3n) is 8.38. The Balaban J connectivity index is 3.74. The lowest BCUT2D eigenvalue weighted by Gasteiger charge is -2.16. The molecule has 0 heterocycles. The molecule has 0 rings (SSSR count).